The van der Waals surface area contributed by atoms with Crippen LogP contribution in [0.25, 0.3) is 56.7 Å². The Morgan fingerprint density at radius 1 is 0.399 bits per heavy atom. The second-order valence-electron chi connectivity index (χ2n) is 40.9. The van der Waals surface area contributed by atoms with E-state index in [0.29, 0.717) is 62.4 Å². The number of piperidine rings is 4. The smallest absolute Gasteiger partial charge is 0.166 e. The van der Waals surface area contributed by atoms with Gasteiger partial charge in [0.25, 0.3) is 0 Å². The Morgan fingerprint density at radius 3 is 1.31 bits per heavy atom. The van der Waals surface area contributed by atoms with Gasteiger partial charge in [-0.2, -0.15) is 15.3 Å². The van der Waals surface area contributed by atoms with Gasteiger partial charge in [-0.3, -0.25) is 0 Å². The number of rotatable bonds is 0. The maximum atomic E-state index is 14.4. The van der Waals surface area contributed by atoms with Crippen molar-refractivity contribution in [2.45, 2.75) is 157 Å². The molecule has 34 heteroatoms. The molecule has 0 unspecified atom stereocenters. The summed E-state index contributed by atoms with van der Waals surface area (Å²) in [5, 5.41) is 40.1. The van der Waals surface area contributed by atoms with Crippen LogP contribution in [-0.2, 0) is 34.1 Å². The Labute approximate surface area is 822 Å². The van der Waals surface area contributed by atoms with Crippen molar-refractivity contribution >= 4 is 85.8 Å². The van der Waals surface area contributed by atoms with E-state index in [0.717, 1.165) is 262 Å². The molecule has 12 atom stereocenters. The third-order valence-electron chi connectivity index (χ3n) is 32.2. The molecule has 9 aliphatic heterocycles. The monoisotopic (exact) mass is 1930 g/mol. The fourth-order valence-electron chi connectivity index (χ4n) is 24.3. The van der Waals surface area contributed by atoms with E-state index >= 15 is 0 Å². The summed E-state index contributed by atoms with van der Waals surface area (Å²) in [7, 11) is 2.00. The Hall–Kier alpha value is -15.3. The summed E-state index contributed by atoms with van der Waals surface area (Å²) in [6.07, 6.45) is 26.8. The zero-order chi connectivity index (χ0) is 97.6. The van der Waals surface area contributed by atoms with Crippen molar-refractivity contribution < 1.29 is 40.9 Å². The Kier molecular flexibility index (Phi) is 21.0. The zero-order valence-electron chi connectivity index (χ0n) is 80.3. The number of aromatic nitrogens is 15. The lowest BCUT2D eigenvalue weighted by Crippen LogP contribution is -2.35. The molecule has 5 N–H and O–H groups in total. The normalized spacial score (nSPS) is 26.1. The molecule has 143 heavy (non-hydrogen) atoms. The number of hydrogen-bond donors (Lipinski definition) is 5. The summed E-state index contributed by atoms with van der Waals surface area (Å²) in [5.74, 6) is 8.18. The summed E-state index contributed by atoms with van der Waals surface area (Å²) < 4.78 is 105. The first-order chi connectivity index (χ1) is 69.3. The van der Waals surface area contributed by atoms with Gasteiger partial charge in [-0.25, -0.2) is 69.4 Å². The Balaban J connectivity index is 0.0000000938. The number of halogens is 5. The molecule has 4 saturated heterocycles. The number of nitrogens with zero attached hydrogens (tertiary/aromatic N) is 20. The largest absolute Gasteiger partial charge is 0.491 e. The number of fused-ring (bicyclic) bond motifs is 15. The van der Waals surface area contributed by atoms with Crippen LogP contribution in [-0.4, -0.2) is 168 Å². The van der Waals surface area contributed by atoms with Gasteiger partial charge in [0.1, 0.15) is 119 Å². The van der Waals surface area contributed by atoms with Gasteiger partial charge in [0.05, 0.1) is 105 Å². The number of hydrogen-bond acceptors (Lipinski definition) is 24. The fourth-order valence-corrected chi connectivity index (χ4v) is 24.3. The number of likely N-dealkylation sites (N-methyl/N-ethyl adjacent to an activating group) is 1. The highest BCUT2D eigenvalue weighted by Gasteiger charge is 2.68. The number of imidazole rings is 2. The number of nitrogens with one attached hydrogen (secondary N) is 5. The van der Waals surface area contributed by atoms with E-state index in [1.165, 1.54) is 29.8 Å². The average Bonchev–Trinajstić information content (AvgIpc) is 1.53. The van der Waals surface area contributed by atoms with Crippen LogP contribution in [0.3, 0.4) is 0 Å². The topological polar surface area (TPSA) is 264 Å². The van der Waals surface area contributed by atoms with Crippen molar-refractivity contribution in [3.63, 3.8) is 0 Å². The molecule has 10 bridgehead atoms. The van der Waals surface area contributed by atoms with Gasteiger partial charge in [-0.05, 0) is 267 Å². The lowest BCUT2D eigenvalue weighted by Gasteiger charge is -2.31. The first-order valence-electron chi connectivity index (χ1n) is 49.7. The van der Waals surface area contributed by atoms with Crippen LogP contribution in [0.5, 0.6) is 23.0 Å². The first kappa shape index (κ1) is 89.1. The van der Waals surface area contributed by atoms with Crippen LogP contribution in [0.2, 0.25) is 0 Å². The fraction of sp³-hybridized carbons (Fsp3) is 0.358. The van der Waals surface area contributed by atoms with Crippen molar-refractivity contribution in [2.75, 3.05) is 91.1 Å². The van der Waals surface area contributed by atoms with E-state index in [-0.39, 0.29) is 80.9 Å². The molecule has 29 nitrogen and oxygen atoms in total. The number of aryl methyl sites for hydroxylation is 1. The van der Waals surface area contributed by atoms with Crippen LogP contribution in [0.15, 0.2) is 216 Å². The van der Waals surface area contributed by atoms with Gasteiger partial charge in [-0.1, -0.05) is 39.0 Å². The highest BCUT2D eigenvalue weighted by Crippen LogP contribution is 2.69. The predicted molar refractivity (Wildman–Crippen MR) is 537 cm³/mol. The molecule has 9 fully saturated rings. The lowest BCUT2D eigenvalue weighted by molar-refractivity contribution is 0.218. The van der Waals surface area contributed by atoms with E-state index in [4.69, 9.17) is 44.1 Å². The predicted octanol–water partition coefficient (Wildman–Crippen LogP) is 17.2. The van der Waals surface area contributed by atoms with Crippen molar-refractivity contribution in [3.8, 4) is 23.0 Å². The van der Waals surface area contributed by atoms with Crippen LogP contribution in [0.4, 0.5) is 51.0 Å². The highest BCUT2D eigenvalue weighted by atomic mass is 19.1. The molecule has 15 aromatic rings. The van der Waals surface area contributed by atoms with Gasteiger partial charge in [-0.15, -0.1) is 10.2 Å². The lowest BCUT2D eigenvalue weighted by atomic mass is 9.92. The summed E-state index contributed by atoms with van der Waals surface area (Å²) in [4.78, 5) is 35.1. The summed E-state index contributed by atoms with van der Waals surface area (Å²) in [6.45, 7) is 35.3. The van der Waals surface area contributed by atoms with E-state index in [1.54, 1.807) is 92.8 Å². The van der Waals surface area contributed by atoms with E-state index in [9.17, 15) is 22.0 Å². The maximum absolute atomic E-state index is 14.4. The molecule has 5 aromatic carbocycles. The zero-order valence-corrected chi connectivity index (χ0v) is 80.3. The molecule has 730 valence electrons. The molecule has 0 radical (unpaired) electrons. The molecular weight excluding hydrogens is 1820 g/mol. The number of anilines is 5. The van der Waals surface area contributed by atoms with Gasteiger partial charge in [0.2, 0.25) is 0 Å². The van der Waals surface area contributed by atoms with Crippen LogP contribution in [0, 0.1) is 52.8 Å². The van der Waals surface area contributed by atoms with E-state index < -0.39 is 0 Å². The standard InChI is InChI=1S/C23H24FN5O.C23H24FN5.2C22H22FN5O.C19H18FN5O/c1-14-13-30-20-5-4-17(24)10-19(20)23-11-16(23)6-8-28(23)21-7-9-29-22(26-21)18(12-25-29)15(2)27(14)3;1-14-3-4-16-5-6-18(24)11-19(16)23-12-17(23)9-10-28(23)22-8-7-21-25-13-20(15(2)26-14)29(21)27-22;1-13-12-29-19-4-3-16(23)9-18(19)22-10-15(22)5-7-27(22)20-6-8-28-21(26-20)17(11-24-28)14(2)25-13;1-13-12-29-19-4-3-16(23)9-17(19)22-10-15(22)7-8-27(22)21-6-5-20-24-11-18(14(2)25-13)28(20)26-21;1-12-14-11-22-25-8-4-17(23-18(14)25)24-19(5-6-19)15-10-13(20)2-3-16(15)26-9-7-21-12/h4-5,7,9-10,12,14,16H,2,6,8,11,13H2,1,3H3;5-8,11,13-14,17,26H,2-4,9-10,12H2,1H3;3-4,6,8-9,11,13,15,25H,2,5,7,10,12H2,1H3;3-6,9,11,13,15,25H,2,7-8,10,12H2,1H3;2-4,8,10-11,21H,1,5-7,9H2,(H,23,24)/t14-,16+,23-;14-,17+,23-;13-,15-,22+;13-,15+,22-;/m1111./s1. The summed E-state index contributed by atoms with van der Waals surface area (Å²) >= 11 is 0. The molecule has 19 heterocycles. The minimum Gasteiger partial charge on any atom is -0.491 e. The van der Waals surface area contributed by atoms with Gasteiger partial charge < -0.3 is 70.0 Å². The second-order valence-corrected chi connectivity index (χ2v) is 40.9. The molecule has 5 spiro atoms. The van der Waals surface area contributed by atoms with Crippen LogP contribution in [0.1, 0.15) is 160 Å². The van der Waals surface area contributed by atoms with Crippen molar-refractivity contribution in [2.24, 2.45) is 23.7 Å². The van der Waals surface area contributed by atoms with Crippen LogP contribution >= 0.6 is 0 Å². The van der Waals surface area contributed by atoms with Crippen molar-refractivity contribution in [1.82, 2.24) is 99.2 Å². The minimum atomic E-state index is -0.346. The summed E-state index contributed by atoms with van der Waals surface area (Å²) in [6, 6.07) is 39.0. The Morgan fingerprint density at radius 2 is 0.811 bits per heavy atom. The third kappa shape index (κ3) is 15.0. The number of benzene rings is 5. The second kappa shape index (κ2) is 33.7. The van der Waals surface area contributed by atoms with E-state index in [1.807, 2.05) is 109 Å². The SMILES string of the molecule is C=C1NCCOc2ccc(F)cc2C2(CC2)Nc2ccn3ncc1c3n2.C=C1N[C@H](C)CCc2ccc(F)cc2[C@@]23C[C@@H]2CCN3c2ccc3ncc1n3n2.C=C1N[C@H](C)COc2ccc(F)cc2[C@@]23C[C@@H]2CCN3c2ccc3ncc1n3n2.C=C1N[C@H](C)COc2ccc(F)cc2[C@]23C[C@H]2CCN3c2ccn3ncc1c3n2.C=C1c2cnn3ccc(nc23)N2CC[C@H]3C[C@]32c2cc(F)ccc2OC[C@@H](C)N1C. The molecule has 5 aliphatic carbocycles. The van der Waals surface area contributed by atoms with Crippen molar-refractivity contribution in [1.29, 1.82) is 0 Å². The number of ether oxygens (including phenoxy) is 4. The third-order valence-corrected chi connectivity index (χ3v) is 32.2. The molecule has 29 rings (SSSR count). The molecule has 14 aliphatic rings. The molecule has 0 amide bonds. The molecule has 5 saturated carbocycles. The first-order valence-corrected chi connectivity index (χ1v) is 49.7. The average molecular weight is 1930 g/mol. The van der Waals surface area contributed by atoms with Crippen LogP contribution < -0.4 is 65.1 Å². The maximum Gasteiger partial charge on any atom is 0.166 e. The van der Waals surface area contributed by atoms with Gasteiger partial charge in [0.15, 0.2) is 28.2 Å². The molecule has 10 aromatic heterocycles. The van der Waals surface area contributed by atoms with Gasteiger partial charge >= 0.3 is 0 Å². The van der Waals surface area contributed by atoms with E-state index in [2.05, 4.69) is 123 Å². The molecular formula is C109H110F5N25O4. The quantitative estimate of drug-likeness (QED) is 0.0883. The Bertz CT molecular complexity index is 7330. The van der Waals surface area contributed by atoms with Crippen molar-refractivity contribution in [3.05, 3.63) is 306 Å². The summed E-state index contributed by atoms with van der Waals surface area (Å²) in [5.41, 5.74) is 17.0. The minimum absolute atomic E-state index is 0.0158. The van der Waals surface area contributed by atoms with Gasteiger partial charge in [0, 0.05) is 104 Å². The highest BCUT2D eigenvalue weighted by molar-refractivity contribution is 5.78.